The number of amides is 1. The molecule has 0 aliphatic carbocycles. The summed E-state index contributed by atoms with van der Waals surface area (Å²) in [5.41, 5.74) is 0.436. The van der Waals surface area contributed by atoms with E-state index in [1.807, 2.05) is 0 Å². The van der Waals surface area contributed by atoms with Gasteiger partial charge in [-0.3, -0.25) is 4.79 Å². The molecule has 0 radical (unpaired) electrons. The predicted molar refractivity (Wildman–Crippen MR) is 110 cm³/mol. The first-order valence-corrected chi connectivity index (χ1v) is 11.4. The molecule has 166 valence electrons. The number of sulfonamides is 1. The predicted octanol–water partition coefficient (Wildman–Crippen LogP) is 0.800. The lowest BCUT2D eigenvalue weighted by Gasteiger charge is -2.26. The molecule has 10 nitrogen and oxygen atoms in total. The van der Waals surface area contributed by atoms with Crippen molar-refractivity contribution >= 4 is 15.9 Å². The lowest BCUT2D eigenvalue weighted by atomic mass is 10.2. The van der Waals surface area contributed by atoms with Crippen LogP contribution in [0, 0.1) is 0 Å². The third kappa shape index (κ3) is 4.78. The minimum absolute atomic E-state index is 0.165. The van der Waals surface area contributed by atoms with Crippen LogP contribution in [-0.4, -0.2) is 86.3 Å². The van der Waals surface area contributed by atoms with Gasteiger partial charge in [0.25, 0.3) is 5.91 Å². The average Bonchev–Trinajstić information content (AvgIpc) is 3.28. The normalized spacial score (nSPS) is 19.9. The number of rotatable bonds is 6. The lowest BCUT2D eigenvalue weighted by molar-refractivity contribution is 0.0730. The SMILES string of the molecule is COc1ccc(OC2CCN(C(=O)c3ccc(S(=O)(=O)N4CCOCC4)cc3)C2)nn1. The molecule has 3 heterocycles. The maximum absolute atomic E-state index is 12.8. The van der Waals surface area contributed by atoms with E-state index in [9.17, 15) is 13.2 Å². The maximum atomic E-state index is 12.8. The number of aromatic nitrogens is 2. The number of nitrogens with zero attached hydrogens (tertiary/aromatic N) is 4. The van der Waals surface area contributed by atoms with E-state index in [0.29, 0.717) is 63.1 Å². The topological polar surface area (TPSA) is 111 Å². The lowest BCUT2D eigenvalue weighted by Crippen LogP contribution is -2.40. The highest BCUT2D eigenvalue weighted by atomic mass is 32.2. The van der Waals surface area contributed by atoms with Gasteiger partial charge in [0.2, 0.25) is 21.8 Å². The van der Waals surface area contributed by atoms with E-state index in [4.69, 9.17) is 14.2 Å². The Morgan fingerprint density at radius 2 is 1.71 bits per heavy atom. The Morgan fingerprint density at radius 3 is 2.35 bits per heavy atom. The van der Waals surface area contributed by atoms with Gasteiger partial charge in [0, 0.05) is 43.8 Å². The smallest absolute Gasteiger partial charge is 0.253 e. The monoisotopic (exact) mass is 448 g/mol. The molecule has 2 fully saturated rings. The van der Waals surface area contributed by atoms with Crippen LogP contribution in [0.15, 0.2) is 41.3 Å². The Hall–Kier alpha value is -2.76. The number of hydrogen-bond acceptors (Lipinski definition) is 8. The van der Waals surface area contributed by atoms with Crippen LogP contribution in [0.1, 0.15) is 16.8 Å². The van der Waals surface area contributed by atoms with Gasteiger partial charge in [-0.15, -0.1) is 10.2 Å². The van der Waals surface area contributed by atoms with Crippen molar-refractivity contribution < 1.29 is 27.4 Å². The van der Waals surface area contributed by atoms with Gasteiger partial charge in [-0.05, 0) is 24.3 Å². The molecule has 0 bridgehead atoms. The molecule has 2 aromatic rings. The van der Waals surface area contributed by atoms with Crippen molar-refractivity contribution in [2.75, 3.05) is 46.5 Å². The van der Waals surface area contributed by atoms with E-state index >= 15 is 0 Å². The summed E-state index contributed by atoms with van der Waals surface area (Å²) in [4.78, 5) is 14.7. The Morgan fingerprint density at radius 1 is 1.03 bits per heavy atom. The number of carbonyl (C=O) groups excluding carboxylic acids is 1. The third-order valence-corrected chi connectivity index (χ3v) is 7.17. The second-order valence-corrected chi connectivity index (χ2v) is 9.17. The highest BCUT2D eigenvalue weighted by Gasteiger charge is 2.30. The number of morpholine rings is 1. The van der Waals surface area contributed by atoms with Gasteiger partial charge in [-0.1, -0.05) is 0 Å². The molecule has 4 rings (SSSR count). The fraction of sp³-hybridized carbons (Fsp3) is 0.450. The summed E-state index contributed by atoms with van der Waals surface area (Å²) in [7, 11) is -2.08. The van der Waals surface area contributed by atoms with Crippen molar-refractivity contribution in [1.29, 1.82) is 0 Å². The number of ether oxygens (including phenoxy) is 3. The largest absolute Gasteiger partial charge is 0.480 e. The van der Waals surface area contributed by atoms with E-state index in [-0.39, 0.29) is 16.9 Å². The standard InChI is InChI=1S/C20H24N4O6S/c1-28-18-6-7-19(22-21-18)30-16-8-9-23(14-16)20(25)15-2-4-17(5-3-15)31(26,27)24-10-12-29-13-11-24/h2-7,16H,8-14H2,1H3. The summed E-state index contributed by atoms with van der Waals surface area (Å²) in [5.74, 6) is 0.606. The molecule has 11 heteroatoms. The van der Waals surface area contributed by atoms with Crippen LogP contribution < -0.4 is 9.47 Å². The zero-order valence-corrected chi connectivity index (χ0v) is 18.0. The molecular weight excluding hydrogens is 424 g/mol. The van der Waals surface area contributed by atoms with Gasteiger partial charge in [-0.25, -0.2) is 8.42 Å². The fourth-order valence-corrected chi connectivity index (χ4v) is 4.96. The quantitative estimate of drug-likeness (QED) is 0.638. The first-order chi connectivity index (χ1) is 15.0. The zero-order valence-electron chi connectivity index (χ0n) is 17.1. The summed E-state index contributed by atoms with van der Waals surface area (Å²) < 4.78 is 42.8. The second kappa shape index (κ2) is 9.16. The summed E-state index contributed by atoms with van der Waals surface area (Å²) in [5, 5.41) is 7.81. The molecule has 1 unspecified atom stereocenters. The molecule has 1 amide bonds. The van der Waals surface area contributed by atoms with Gasteiger partial charge < -0.3 is 19.1 Å². The summed E-state index contributed by atoms with van der Waals surface area (Å²) >= 11 is 0. The summed E-state index contributed by atoms with van der Waals surface area (Å²) in [6.07, 6.45) is 0.482. The number of likely N-dealkylation sites (tertiary alicyclic amines) is 1. The highest BCUT2D eigenvalue weighted by Crippen LogP contribution is 2.21. The Balaban J connectivity index is 1.37. The van der Waals surface area contributed by atoms with Crippen molar-refractivity contribution in [2.24, 2.45) is 0 Å². The number of carbonyl (C=O) groups is 1. The van der Waals surface area contributed by atoms with Crippen LogP contribution in [0.4, 0.5) is 0 Å². The minimum atomic E-state index is -3.59. The van der Waals surface area contributed by atoms with Crippen LogP contribution in [0.25, 0.3) is 0 Å². The second-order valence-electron chi connectivity index (χ2n) is 7.23. The van der Waals surface area contributed by atoms with Crippen LogP contribution in [0.5, 0.6) is 11.8 Å². The van der Waals surface area contributed by atoms with Crippen molar-refractivity contribution in [3.63, 3.8) is 0 Å². The molecule has 31 heavy (non-hydrogen) atoms. The fourth-order valence-electron chi connectivity index (χ4n) is 3.55. The zero-order chi connectivity index (χ0) is 21.8. The van der Waals surface area contributed by atoms with Crippen LogP contribution in [-0.2, 0) is 14.8 Å². The first-order valence-electron chi connectivity index (χ1n) is 9.99. The van der Waals surface area contributed by atoms with Crippen molar-refractivity contribution in [3.8, 4) is 11.8 Å². The molecule has 0 saturated carbocycles. The molecule has 2 aliphatic heterocycles. The molecule has 1 aromatic heterocycles. The van der Waals surface area contributed by atoms with E-state index in [1.54, 1.807) is 29.2 Å². The molecule has 1 aromatic carbocycles. The van der Waals surface area contributed by atoms with Crippen LogP contribution in [0.3, 0.4) is 0 Å². The van der Waals surface area contributed by atoms with Gasteiger partial charge in [0.05, 0.1) is 31.8 Å². The van der Waals surface area contributed by atoms with E-state index in [2.05, 4.69) is 10.2 Å². The number of benzene rings is 1. The number of hydrogen-bond donors (Lipinski definition) is 0. The van der Waals surface area contributed by atoms with E-state index in [0.717, 1.165) is 0 Å². The maximum Gasteiger partial charge on any atom is 0.253 e. The first kappa shape index (κ1) is 21.5. The number of methoxy groups -OCH3 is 1. The van der Waals surface area contributed by atoms with E-state index in [1.165, 1.54) is 23.5 Å². The van der Waals surface area contributed by atoms with Gasteiger partial charge in [-0.2, -0.15) is 4.31 Å². The molecule has 1 atom stereocenters. The molecular formula is C20H24N4O6S. The van der Waals surface area contributed by atoms with Crippen molar-refractivity contribution in [1.82, 2.24) is 19.4 Å². The minimum Gasteiger partial charge on any atom is -0.480 e. The third-order valence-electron chi connectivity index (χ3n) is 5.25. The van der Waals surface area contributed by atoms with Crippen molar-refractivity contribution in [3.05, 3.63) is 42.0 Å². The van der Waals surface area contributed by atoms with Crippen molar-refractivity contribution in [2.45, 2.75) is 17.4 Å². The molecule has 0 N–H and O–H groups in total. The molecule has 2 aliphatic rings. The summed E-state index contributed by atoms with van der Waals surface area (Å²) in [6.45, 7) is 2.39. The Labute approximate surface area is 180 Å². The van der Waals surface area contributed by atoms with Gasteiger partial charge in [0.1, 0.15) is 6.10 Å². The van der Waals surface area contributed by atoms with Gasteiger partial charge in [0.15, 0.2) is 0 Å². The Bertz CT molecular complexity index is 1010. The average molecular weight is 449 g/mol. The van der Waals surface area contributed by atoms with Crippen LogP contribution in [0.2, 0.25) is 0 Å². The molecule has 2 saturated heterocycles. The summed E-state index contributed by atoms with van der Waals surface area (Å²) in [6, 6.07) is 9.40. The highest BCUT2D eigenvalue weighted by molar-refractivity contribution is 7.89. The van der Waals surface area contributed by atoms with E-state index < -0.39 is 10.0 Å². The van der Waals surface area contributed by atoms with Crippen LogP contribution >= 0.6 is 0 Å². The van der Waals surface area contributed by atoms with Gasteiger partial charge >= 0.3 is 0 Å². The Kier molecular flexibility index (Phi) is 6.35. The molecule has 0 spiro atoms.